The molecular formula is C19H21FN4O4. The van der Waals surface area contributed by atoms with Crippen LogP contribution < -0.4 is 5.32 Å². The Labute approximate surface area is 160 Å². The van der Waals surface area contributed by atoms with Crippen LogP contribution in [0, 0.1) is 0 Å². The smallest absolute Gasteiger partial charge is 0.290 e. The number of carbonyl (C=O) groups excluding carboxylic acids is 1. The maximum absolute atomic E-state index is 14.9. The number of benzene rings is 1. The number of nitrogens with zero attached hydrogens (tertiary/aromatic N) is 2. The fraction of sp³-hybridized carbons (Fsp3) is 0.316. The highest BCUT2D eigenvalue weighted by atomic mass is 19.1. The van der Waals surface area contributed by atoms with Gasteiger partial charge in [-0.25, -0.2) is 4.39 Å². The Morgan fingerprint density at radius 1 is 1.36 bits per heavy atom. The van der Waals surface area contributed by atoms with Gasteiger partial charge in [-0.1, -0.05) is 23.4 Å². The number of carboxylic acid groups (broad SMARTS) is 1. The second kappa shape index (κ2) is 8.66. The van der Waals surface area contributed by atoms with Crippen LogP contribution in [0.15, 0.2) is 47.1 Å². The van der Waals surface area contributed by atoms with E-state index in [-0.39, 0.29) is 25.2 Å². The van der Waals surface area contributed by atoms with E-state index in [0.717, 1.165) is 11.2 Å². The molecular weight excluding hydrogens is 367 g/mol. The van der Waals surface area contributed by atoms with Crippen molar-refractivity contribution in [2.75, 3.05) is 18.4 Å². The summed E-state index contributed by atoms with van der Waals surface area (Å²) in [5.41, 5.74) is 0.323. The molecule has 3 aromatic rings. The first-order chi connectivity index (χ1) is 13.5. The Balaban J connectivity index is 0.000000706. The van der Waals surface area contributed by atoms with Crippen molar-refractivity contribution in [1.82, 2.24) is 15.0 Å². The molecule has 8 nitrogen and oxygen atoms in total. The minimum absolute atomic E-state index is 0.160. The van der Waals surface area contributed by atoms with Gasteiger partial charge in [0.1, 0.15) is 0 Å². The number of para-hydroxylation sites is 1. The van der Waals surface area contributed by atoms with Gasteiger partial charge in [-0.05, 0) is 17.5 Å². The number of H-pyrrole nitrogens is 1. The molecule has 3 N–H and O–H groups in total. The van der Waals surface area contributed by atoms with Crippen LogP contribution in [0.25, 0.3) is 10.9 Å². The van der Waals surface area contributed by atoms with Gasteiger partial charge in [-0.2, -0.15) is 0 Å². The highest BCUT2D eigenvalue weighted by Gasteiger charge is 2.42. The lowest BCUT2D eigenvalue weighted by Gasteiger charge is -2.34. The summed E-state index contributed by atoms with van der Waals surface area (Å²) in [7, 11) is 0. The molecule has 0 aliphatic carbocycles. The number of halogens is 1. The van der Waals surface area contributed by atoms with Gasteiger partial charge in [0, 0.05) is 49.8 Å². The van der Waals surface area contributed by atoms with Gasteiger partial charge in [0.2, 0.25) is 5.88 Å². The van der Waals surface area contributed by atoms with Crippen LogP contribution in [0.3, 0.4) is 0 Å². The molecule has 0 unspecified atom stereocenters. The van der Waals surface area contributed by atoms with Crippen LogP contribution in [0.1, 0.15) is 18.5 Å². The molecule has 0 saturated carbocycles. The number of anilines is 1. The molecule has 3 heterocycles. The lowest BCUT2D eigenvalue weighted by Crippen LogP contribution is -2.48. The van der Waals surface area contributed by atoms with Gasteiger partial charge < -0.3 is 14.6 Å². The summed E-state index contributed by atoms with van der Waals surface area (Å²) < 4.78 is 19.7. The molecule has 28 heavy (non-hydrogen) atoms. The predicted molar refractivity (Wildman–Crippen MR) is 100 cm³/mol. The zero-order valence-corrected chi connectivity index (χ0v) is 15.1. The van der Waals surface area contributed by atoms with Crippen molar-refractivity contribution in [1.29, 1.82) is 0 Å². The third-order valence-electron chi connectivity index (χ3n) is 4.71. The zero-order chi connectivity index (χ0) is 20.0. The number of carbonyl (C=O) groups is 2. The summed E-state index contributed by atoms with van der Waals surface area (Å²) in [5, 5.41) is 14.0. The van der Waals surface area contributed by atoms with Gasteiger partial charge >= 0.3 is 0 Å². The third kappa shape index (κ3) is 4.55. The van der Waals surface area contributed by atoms with E-state index < -0.39 is 11.6 Å². The molecule has 148 valence electrons. The number of aromatic nitrogens is 2. The summed E-state index contributed by atoms with van der Waals surface area (Å²) in [6.45, 7) is 1.51. The number of nitrogens with one attached hydrogen (secondary N) is 2. The Bertz CT molecular complexity index is 884. The van der Waals surface area contributed by atoms with E-state index in [1.807, 2.05) is 18.2 Å². The molecule has 0 atom stereocenters. The Morgan fingerprint density at radius 3 is 2.71 bits per heavy atom. The average Bonchev–Trinajstić information content (AvgIpc) is 3.33. The maximum Gasteiger partial charge on any atom is 0.290 e. The lowest BCUT2D eigenvalue weighted by molar-refractivity contribution is -0.130. The summed E-state index contributed by atoms with van der Waals surface area (Å²) in [5.74, 6) is -0.489. The molecule has 2 aromatic heterocycles. The quantitative estimate of drug-likeness (QED) is 0.593. The van der Waals surface area contributed by atoms with Crippen molar-refractivity contribution in [3.8, 4) is 0 Å². The van der Waals surface area contributed by atoms with Gasteiger partial charge in [0.05, 0.1) is 6.20 Å². The van der Waals surface area contributed by atoms with E-state index in [0.29, 0.717) is 19.6 Å². The first kappa shape index (κ1) is 19.6. The number of alkyl halides is 1. The molecule has 4 rings (SSSR count). The number of piperidine rings is 1. The molecule has 1 aliphatic rings. The van der Waals surface area contributed by atoms with Crippen LogP contribution in [0.2, 0.25) is 0 Å². The largest absolute Gasteiger partial charge is 0.483 e. The van der Waals surface area contributed by atoms with Crippen molar-refractivity contribution in [2.24, 2.45) is 0 Å². The van der Waals surface area contributed by atoms with E-state index in [2.05, 4.69) is 32.5 Å². The van der Waals surface area contributed by atoms with E-state index in [4.69, 9.17) is 14.4 Å². The van der Waals surface area contributed by atoms with Crippen molar-refractivity contribution < 1.29 is 23.6 Å². The lowest BCUT2D eigenvalue weighted by atomic mass is 9.92. The molecule has 1 saturated heterocycles. The maximum atomic E-state index is 14.9. The standard InChI is InChI=1S/C18H19FN4O2.CH2O2/c19-18(17(24)22-16-5-8-20-25-16)6-9-23(10-7-18)12-14-11-13-3-1-2-4-15(13)21-14;2-1-3/h1-5,8,11,21H,6-7,9-10,12H2,(H,22,24);1H,(H,2,3). The number of amides is 1. The van der Waals surface area contributed by atoms with Gasteiger partial charge in [0.15, 0.2) is 5.67 Å². The van der Waals surface area contributed by atoms with Crippen molar-refractivity contribution in [2.45, 2.75) is 25.1 Å². The molecule has 0 bridgehead atoms. The van der Waals surface area contributed by atoms with E-state index >= 15 is 0 Å². The van der Waals surface area contributed by atoms with Crippen LogP contribution in [-0.2, 0) is 16.1 Å². The average molecular weight is 388 g/mol. The van der Waals surface area contributed by atoms with Crippen LogP contribution >= 0.6 is 0 Å². The monoisotopic (exact) mass is 388 g/mol. The van der Waals surface area contributed by atoms with Gasteiger partial charge in [-0.3, -0.25) is 19.8 Å². The SMILES string of the molecule is O=C(Nc1ccno1)C1(F)CCN(Cc2cc3ccccc3[nH]2)CC1.O=CO. The normalized spacial score (nSPS) is 16.2. The first-order valence-electron chi connectivity index (χ1n) is 8.82. The van der Waals surface area contributed by atoms with Crippen molar-refractivity contribution in [3.05, 3.63) is 48.3 Å². The van der Waals surface area contributed by atoms with Crippen molar-refractivity contribution in [3.63, 3.8) is 0 Å². The second-order valence-electron chi connectivity index (χ2n) is 6.56. The number of likely N-dealkylation sites (tertiary alicyclic amines) is 1. The topological polar surface area (TPSA) is 111 Å². The van der Waals surface area contributed by atoms with Gasteiger partial charge in [-0.15, -0.1) is 0 Å². The number of rotatable bonds is 4. The zero-order valence-electron chi connectivity index (χ0n) is 15.1. The van der Waals surface area contributed by atoms with Crippen LogP contribution in [0.5, 0.6) is 0 Å². The third-order valence-corrected chi connectivity index (χ3v) is 4.71. The predicted octanol–water partition coefficient (Wildman–Crippen LogP) is 2.80. The minimum atomic E-state index is -1.87. The molecule has 1 aromatic carbocycles. The fourth-order valence-corrected chi connectivity index (χ4v) is 3.26. The number of fused-ring (bicyclic) bond motifs is 1. The van der Waals surface area contributed by atoms with Gasteiger partial charge in [0.25, 0.3) is 12.4 Å². The number of hydrogen-bond donors (Lipinski definition) is 3. The van der Waals surface area contributed by atoms with E-state index in [1.165, 1.54) is 17.6 Å². The highest BCUT2D eigenvalue weighted by molar-refractivity contribution is 5.96. The first-order valence-corrected chi connectivity index (χ1v) is 8.82. The summed E-state index contributed by atoms with van der Waals surface area (Å²) in [6, 6.07) is 11.7. The molecule has 1 amide bonds. The molecule has 1 aliphatic heterocycles. The summed E-state index contributed by atoms with van der Waals surface area (Å²) in [6.07, 6.45) is 1.73. The number of hydrogen-bond acceptors (Lipinski definition) is 5. The molecule has 0 spiro atoms. The Kier molecular flexibility index (Phi) is 6.05. The fourth-order valence-electron chi connectivity index (χ4n) is 3.26. The summed E-state index contributed by atoms with van der Waals surface area (Å²) >= 11 is 0. The molecule has 9 heteroatoms. The van der Waals surface area contributed by atoms with Crippen molar-refractivity contribution >= 4 is 29.2 Å². The highest BCUT2D eigenvalue weighted by Crippen LogP contribution is 2.29. The molecule has 1 fully saturated rings. The van der Waals surface area contributed by atoms with Crippen LogP contribution in [-0.4, -0.2) is 51.3 Å². The molecule has 0 radical (unpaired) electrons. The second-order valence-corrected chi connectivity index (χ2v) is 6.56. The Morgan fingerprint density at radius 2 is 2.07 bits per heavy atom. The minimum Gasteiger partial charge on any atom is -0.483 e. The Hall–Kier alpha value is -3.20. The van der Waals surface area contributed by atoms with E-state index in [1.54, 1.807) is 0 Å². The number of aromatic amines is 1. The van der Waals surface area contributed by atoms with E-state index in [9.17, 15) is 9.18 Å². The summed E-state index contributed by atoms with van der Waals surface area (Å²) in [4.78, 5) is 26.1. The van der Waals surface area contributed by atoms with Crippen LogP contribution in [0.4, 0.5) is 10.3 Å².